The highest BCUT2D eigenvalue weighted by Crippen LogP contribution is 1.97. The Balaban J connectivity index is 0.00000144. The van der Waals surface area contributed by atoms with Gasteiger partial charge in [0, 0.05) is 6.07 Å². The summed E-state index contributed by atoms with van der Waals surface area (Å²) in [5.74, 6) is 0. The average Bonchev–Trinajstić information content (AvgIpc) is 2.14. The van der Waals surface area contributed by atoms with Crippen molar-refractivity contribution in [2.45, 2.75) is 39.2 Å². The second-order valence-corrected chi connectivity index (χ2v) is 3.05. The molecule has 3 heteroatoms. The van der Waals surface area contributed by atoms with Crippen molar-refractivity contribution in [1.29, 1.82) is 0 Å². The first-order chi connectivity index (χ1) is 5.93. The third-order valence-corrected chi connectivity index (χ3v) is 1.93. The molecule has 0 saturated carbocycles. The standard InChI is InChI=1S/C10H17N2.H2O/c1-2-3-4-5-8-12-9-6-7-11-10-12;/h6-7,9-10H,2-5,8H2,1H3;1H2/q+1;/p-1. The van der Waals surface area contributed by atoms with E-state index in [1.54, 1.807) is 0 Å². The van der Waals surface area contributed by atoms with E-state index < -0.39 is 0 Å². The van der Waals surface area contributed by atoms with Crippen LogP contribution in [-0.2, 0) is 6.54 Å². The fraction of sp³-hybridized carbons (Fsp3) is 0.600. The van der Waals surface area contributed by atoms with Crippen LogP contribution < -0.4 is 4.57 Å². The number of hydrogen-bond donors (Lipinski definition) is 0. The molecule has 0 aliphatic heterocycles. The lowest BCUT2D eigenvalue weighted by molar-refractivity contribution is -0.700. The highest BCUT2D eigenvalue weighted by atomic mass is 16.0. The Labute approximate surface area is 79.8 Å². The van der Waals surface area contributed by atoms with E-state index in [9.17, 15) is 0 Å². The number of aromatic nitrogens is 2. The van der Waals surface area contributed by atoms with Crippen LogP contribution in [0.5, 0.6) is 0 Å². The summed E-state index contributed by atoms with van der Waals surface area (Å²) in [5.41, 5.74) is 0. The molecule has 0 bridgehead atoms. The van der Waals surface area contributed by atoms with E-state index in [-0.39, 0.29) is 5.48 Å². The first kappa shape index (κ1) is 12.0. The van der Waals surface area contributed by atoms with Gasteiger partial charge in [-0.25, -0.2) is 4.57 Å². The van der Waals surface area contributed by atoms with Gasteiger partial charge in [0.25, 0.3) is 6.33 Å². The SMILES string of the molecule is CCCCCC[n+]1cccnc1.[OH-]. The molecule has 0 saturated heterocycles. The highest BCUT2D eigenvalue weighted by Gasteiger charge is 1.94. The minimum absolute atomic E-state index is 0. The number of nitrogens with zero attached hydrogens (tertiary/aromatic N) is 2. The maximum atomic E-state index is 4.05. The van der Waals surface area contributed by atoms with Gasteiger partial charge in [-0.05, 0) is 12.8 Å². The second-order valence-electron chi connectivity index (χ2n) is 3.05. The molecule has 0 aromatic carbocycles. The Morgan fingerprint density at radius 3 is 2.69 bits per heavy atom. The first-order valence-corrected chi connectivity index (χ1v) is 4.72. The van der Waals surface area contributed by atoms with Gasteiger partial charge in [-0.3, -0.25) is 0 Å². The lowest BCUT2D eigenvalue weighted by Gasteiger charge is -1.97. The summed E-state index contributed by atoms with van der Waals surface area (Å²) in [6.45, 7) is 3.34. The molecule has 1 N–H and O–H groups in total. The molecule has 0 radical (unpaired) electrons. The van der Waals surface area contributed by atoms with E-state index in [1.807, 2.05) is 18.6 Å². The second kappa shape index (κ2) is 7.68. The molecule has 0 unspecified atom stereocenters. The molecular weight excluding hydrogens is 164 g/mol. The Hall–Kier alpha value is -0.960. The lowest BCUT2D eigenvalue weighted by Crippen LogP contribution is -2.32. The van der Waals surface area contributed by atoms with Gasteiger partial charge in [-0.15, -0.1) is 0 Å². The molecular formula is C10H18N2O. The van der Waals surface area contributed by atoms with Crippen LogP contribution in [0.2, 0.25) is 0 Å². The predicted molar refractivity (Wildman–Crippen MR) is 50.5 cm³/mol. The topological polar surface area (TPSA) is 46.8 Å². The molecule has 3 nitrogen and oxygen atoms in total. The molecule has 1 rings (SSSR count). The molecule has 0 spiro atoms. The molecule has 0 aliphatic carbocycles. The summed E-state index contributed by atoms with van der Waals surface area (Å²) in [6.07, 6.45) is 11.0. The van der Waals surface area contributed by atoms with Crippen LogP contribution in [0.1, 0.15) is 32.6 Å². The smallest absolute Gasteiger partial charge is 0.286 e. The van der Waals surface area contributed by atoms with Crippen molar-refractivity contribution < 1.29 is 10.0 Å². The summed E-state index contributed by atoms with van der Waals surface area (Å²) in [7, 11) is 0. The zero-order valence-corrected chi connectivity index (χ0v) is 8.19. The quantitative estimate of drug-likeness (QED) is 0.514. The van der Waals surface area contributed by atoms with Crippen molar-refractivity contribution in [3.63, 3.8) is 0 Å². The molecule has 1 heterocycles. The van der Waals surface area contributed by atoms with Crippen LogP contribution >= 0.6 is 0 Å². The largest absolute Gasteiger partial charge is 0.870 e. The Morgan fingerprint density at radius 2 is 2.08 bits per heavy atom. The number of rotatable bonds is 5. The molecule has 74 valence electrons. The normalized spacial score (nSPS) is 9.31. The van der Waals surface area contributed by atoms with E-state index in [2.05, 4.69) is 22.7 Å². The van der Waals surface area contributed by atoms with Crippen LogP contribution in [0.4, 0.5) is 0 Å². The maximum Gasteiger partial charge on any atom is 0.286 e. The molecule has 0 aliphatic rings. The third kappa shape index (κ3) is 5.31. The van der Waals surface area contributed by atoms with Gasteiger partial charge < -0.3 is 5.48 Å². The van der Waals surface area contributed by atoms with E-state index in [0.29, 0.717) is 0 Å². The third-order valence-electron chi connectivity index (χ3n) is 1.93. The van der Waals surface area contributed by atoms with Gasteiger partial charge in [0.1, 0.15) is 6.20 Å². The van der Waals surface area contributed by atoms with Crippen molar-refractivity contribution in [2.24, 2.45) is 0 Å². The molecule has 1 aromatic heterocycles. The van der Waals surface area contributed by atoms with Gasteiger partial charge in [-0.2, -0.15) is 0 Å². The molecule has 0 atom stereocenters. The summed E-state index contributed by atoms with van der Waals surface area (Å²) in [4.78, 5) is 4.05. The van der Waals surface area contributed by atoms with Crippen molar-refractivity contribution >= 4 is 0 Å². The molecule has 1 aromatic rings. The minimum atomic E-state index is 0. The van der Waals surface area contributed by atoms with Gasteiger partial charge in [0.05, 0.1) is 12.7 Å². The van der Waals surface area contributed by atoms with Crippen LogP contribution in [0, 0.1) is 0 Å². The monoisotopic (exact) mass is 182 g/mol. The van der Waals surface area contributed by atoms with Crippen LogP contribution in [0.25, 0.3) is 0 Å². The fourth-order valence-corrected chi connectivity index (χ4v) is 1.21. The predicted octanol–water partition coefficient (Wildman–Crippen LogP) is 1.77. The minimum Gasteiger partial charge on any atom is -0.870 e. The zero-order chi connectivity index (χ0) is 8.65. The fourth-order valence-electron chi connectivity index (χ4n) is 1.21. The van der Waals surface area contributed by atoms with Crippen LogP contribution in [0.3, 0.4) is 0 Å². The van der Waals surface area contributed by atoms with Gasteiger partial charge >= 0.3 is 0 Å². The average molecular weight is 182 g/mol. The number of unbranched alkanes of at least 4 members (excludes halogenated alkanes) is 3. The van der Waals surface area contributed by atoms with Gasteiger partial charge in [0.15, 0.2) is 0 Å². The Morgan fingerprint density at radius 1 is 1.23 bits per heavy atom. The van der Waals surface area contributed by atoms with Crippen molar-refractivity contribution in [3.05, 3.63) is 24.8 Å². The highest BCUT2D eigenvalue weighted by molar-refractivity contribution is 4.68. The molecule has 13 heavy (non-hydrogen) atoms. The van der Waals surface area contributed by atoms with Crippen molar-refractivity contribution in [3.8, 4) is 0 Å². The summed E-state index contributed by atoms with van der Waals surface area (Å²) < 4.78 is 2.13. The van der Waals surface area contributed by atoms with Crippen molar-refractivity contribution in [2.75, 3.05) is 0 Å². The van der Waals surface area contributed by atoms with Crippen LogP contribution in [0.15, 0.2) is 24.8 Å². The summed E-state index contributed by atoms with van der Waals surface area (Å²) in [6, 6.07) is 1.97. The van der Waals surface area contributed by atoms with Gasteiger partial charge in [-0.1, -0.05) is 24.7 Å². The van der Waals surface area contributed by atoms with E-state index in [1.165, 1.54) is 25.7 Å². The molecule has 0 fully saturated rings. The van der Waals surface area contributed by atoms with E-state index in [0.717, 1.165) is 6.54 Å². The number of aryl methyl sites for hydroxylation is 1. The lowest BCUT2D eigenvalue weighted by atomic mass is 10.2. The first-order valence-electron chi connectivity index (χ1n) is 4.72. The Bertz CT molecular complexity index is 201. The zero-order valence-electron chi connectivity index (χ0n) is 8.19. The summed E-state index contributed by atoms with van der Waals surface area (Å²) >= 11 is 0. The molecule has 0 amide bonds. The maximum absolute atomic E-state index is 4.05. The van der Waals surface area contributed by atoms with E-state index in [4.69, 9.17) is 0 Å². The van der Waals surface area contributed by atoms with Gasteiger partial charge in [0.2, 0.25) is 0 Å². The van der Waals surface area contributed by atoms with Crippen molar-refractivity contribution in [1.82, 2.24) is 4.98 Å². The summed E-state index contributed by atoms with van der Waals surface area (Å²) in [5, 5.41) is 0. The Kier molecular flexibility index (Phi) is 7.11. The van der Waals surface area contributed by atoms with Crippen LogP contribution in [-0.4, -0.2) is 10.5 Å². The van der Waals surface area contributed by atoms with E-state index >= 15 is 0 Å². The number of hydrogen-bond acceptors (Lipinski definition) is 2.